The van der Waals surface area contributed by atoms with Crippen LogP contribution in [0.15, 0.2) is 21.1 Å². The van der Waals surface area contributed by atoms with Gasteiger partial charge >= 0.3 is 0 Å². The molecule has 0 radical (unpaired) electrons. The largest absolute Gasteiger partial charge is 0.466 e. The number of morpholine rings is 1. The Bertz CT molecular complexity index is 1110. The molecule has 0 N–H and O–H groups in total. The van der Waals surface area contributed by atoms with E-state index in [1.807, 2.05) is 19.9 Å². The van der Waals surface area contributed by atoms with E-state index in [-0.39, 0.29) is 24.1 Å². The van der Waals surface area contributed by atoms with Crippen LogP contribution in [0.25, 0.3) is 22.4 Å². The predicted molar refractivity (Wildman–Crippen MR) is 108 cm³/mol. The predicted octanol–water partition coefficient (Wildman–Crippen LogP) is 2.34. The number of amides is 2. The third kappa shape index (κ3) is 3.68. The molecule has 30 heavy (non-hydrogen) atoms. The van der Waals surface area contributed by atoms with Crippen molar-refractivity contribution in [1.82, 2.24) is 19.9 Å². The highest BCUT2D eigenvalue weighted by Crippen LogP contribution is 2.30. The van der Waals surface area contributed by atoms with E-state index in [1.165, 1.54) is 4.90 Å². The molecule has 0 aliphatic carbocycles. The van der Waals surface area contributed by atoms with Crippen LogP contribution in [0, 0.1) is 20.8 Å². The highest BCUT2D eigenvalue weighted by atomic mass is 16.5. The second-order valence-corrected chi connectivity index (χ2v) is 7.48. The molecule has 9 heteroatoms. The van der Waals surface area contributed by atoms with Crippen LogP contribution in [0.3, 0.4) is 0 Å². The second kappa shape index (κ2) is 7.91. The van der Waals surface area contributed by atoms with Crippen molar-refractivity contribution in [3.63, 3.8) is 0 Å². The molecule has 0 atom stereocenters. The molecular formula is C21H24N4O5. The fraction of sp³-hybridized carbons (Fsp3) is 0.429. The van der Waals surface area contributed by atoms with Crippen molar-refractivity contribution < 1.29 is 23.3 Å². The quantitative estimate of drug-likeness (QED) is 0.648. The minimum absolute atomic E-state index is 0.0217. The SMILES string of the molecule is Cc1cc(-c2cc(C(=O)N(C)CC(=O)N3CCOCC3)c3c(C)noc3n2)c(C)o1. The van der Waals surface area contributed by atoms with Crippen molar-refractivity contribution in [2.24, 2.45) is 0 Å². The first-order valence-corrected chi connectivity index (χ1v) is 9.80. The number of hydrogen-bond acceptors (Lipinski definition) is 7. The maximum Gasteiger partial charge on any atom is 0.259 e. The number of carbonyl (C=O) groups is 2. The van der Waals surface area contributed by atoms with E-state index in [0.717, 1.165) is 11.3 Å². The third-order valence-corrected chi connectivity index (χ3v) is 5.25. The first-order chi connectivity index (χ1) is 14.3. The van der Waals surface area contributed by atoms with E-state index in [1.54, 1.807) is 24.9 Å². The Hall–Kier alpha value is -3.20. The van der Waals surface area contributed by atoms with Crippen LogP contribution >= 0.6 is 0 Å². The van der Waals surface area contributed by atoms with Gasteiger partial charge < -0.3 is 23.5 Å². The molecule has 9 nitrogen and oxygen atoms in total. The van der Waals surface area contributed by atoms with Crippen LogP contribution in [0.4, 0.5) is 0 Å². The van der Waals surface area contributed by atoms with E-state index < -0.39 is 0 Å². The number of rotatable bonds is 4. The summed E-state index contributed by atoms with van der Waals surface area (Å²) in [5, 5.41) is 4.52. The van der Waals surface area contributed by atoms with Crippen LogP contribution in [-0.4, -0.2) is 71.7 Å². The lowest BCUT2D eigenvalue weighted by atomic mass is 10.0. The van der Waals surface area contributed by atoms with E-state index in [4.69, 9.17) is 13.7 Å². The molecule has 0 saturated carbocycles. The first kappa shape index (κ1) is 20.1. The second-order valence-electron chi connectivity index (χ2n) is 7.48. The van der Waals surface area contributed by atoms with Crippen molar-refractivity contribution in [2.45, 2.75) is 20.8 Å². The van der Waals surface area contributed by atoms with Gasteiger partial charge in [0.25, 0.3) is 11.6 Å². The van der Waals surface area contributed by atoms with Crippen molar-refractivity contribution >= 4 is 22.9 Å². The smallest absolute Gasteiger partial charge is 0.259 e. The molecule has 0 bridgehead atoms. The molecule has 1 aliphatic rings. The molecule has 3 aromatic rings. The van der Waals surface area contributed by atoms with Crippen LogP contribution in [0.1, 0.15) is 27.6 Å². The molecule has 158 valence electrons. The van der Waals surface area contributed by atoms with Crippen LogP contribution in [0.2, 0.25) is 0 Å². The van der Waals surface area contributed by atoms with E-state index >= 15 is 0 Å². The van der Waals surface area contributed by atoms with Gasteiger partial charge in [-0.1, -0.05) is 5.16 Å². The summed E-state index contributed by atoms with van der Waals surface area (Å²) in [6, 6.07) is 3.58. The molecule has 0 aromatic carbocycles. The van der Waals surface area contributed by atoms with Crippen LogP contribution < -0.4 is 0 Å². The number of aromatic nitrogens is 2. The zero-order chi connectivity index (χ0) is 21.4. The summed E-state index contributed by atoms with van der Waals surface area (Å²) in [5.74, 6) is 1.04. The monoisotopic (exact) mass is 412 g/mol. The van der Waals surface area contributed by atoms with Gasteiger partial charge in [-0.15, -0.1) is 0 Å². The Kier molecular flexibility index (Phi) is 5.29. The summed E-state index contributed by atoms with van der Waals surface area (Å²) >= 11 is 0. The Morgan fingerprint density at radius 1 is 1.17 bits per heavy atom. The number of fused-ring (bicyclic) bond motifs is 1. The van der Waals surface area contributed by atoms with Crippen molar-refractivity contribution in [1.29, 1.82) is 0 Å². The summed E-state index contributed by atoms with van der Waals surface area (Å²) < 4.78 is 16.2. The lowest BCUT2D eigenvalue weighted by Gasteiger charge is -2.28. The maximum atomic E-state index is 13.3. The highest BCUT2D eigenvalue weighted by molar-refractivity contribution is 6.07. The Labute approximate surface area is 173 Å². The summed E-state index contributed by atoms with van der Waals surface area (Å²) in [6.07, 6.45) is 0. The number of ether oxygens (including phenoxy) is 1. The van der Waals surface area contributed by atoms with Gasteiger partial charge in [0, 0.05) is 25.7 Å². The van der Waals surface area contributed by atoms with Gasteiger partial charge in [-0.3, -0.25) is 9.59 Å². The van der Waals surface area contributed by atoms with Gasteiger partial charge in [0.2, 0.25) is 5.91 Å². The molecule has 1 aliphatic heterocycles. The zero-order valence-electron chi connectivity index (χ0n) is 17.5. The number of pyridine rings is 1. The Morgan fingerprint density at radius 2 is 1.90 bits per heavy atom. The summed E-state index contributed by atoms with van der Waals surface area (Å²) in [4.78, 5) is 33.5. The van der Waals surface area contributed by atoms with Gasteiger partial charge in [0.15, 0.2) is 0 Å². The number of likely N-dealkylation sites (N-methyl/N-ethyl adjacent to an activating group) is 1. The Morgan fingerprint density at radius 3 is 2.57 bits per heavy atom. The third-order valence-electron chi connectivity index (χ3n) is 5.25. The maximum absolute atomic E-state index is 13.3. The van der Waals surface area contributed by atoms with E-state index in [2.05, 4.69) is 10.1 Å². The lowest BCUT2D eigenvalue weighted by molar-refractivity contribution is -0.135. The zero-order valence-corrected chi connectivity index (χ0v) is 17.5. The topological polar surface area (TPSA) is 102 Å². The molecule has 2 amide bonds. The number of nitrogens with zero attached hydrogens (tertiary/aromatic N) is 4. The van der Waals surface area contributed by atoms with E-state index in [0.29, 0.717) is 54.4 Å². The molecule has 0 spiro atoms. The van der Waals surface area contributed by atoms with Crippen molar-refractivity contribution in [3.05, 3.63) is 34.9 Å². The van der Waals surface area contributed by atoms with Gasteiger partial charge in [-0.05, 0) is 32.9 Å². The summed E-state index contributed by atoms with van der Waals surface area (Å²) in [6.45, 7) is 7.53. The van der Waals surface area contributed by atoms with Crippen LogP contribution in [-0.2, 0) is 9.53 Å². The van der Waals surface area contributed by atoms with Crippen molar-refractivity contribution in [2.75, 3.05) is 39.9 Å². The van der Waals surface area contributed by atoms with Crippen molar-refractivity contribution in [3.8, 4) is 11.3 Å². The number of hydrogen-bond donors (Lipinski definition) is 0. The lowest BCUT2D eigenvalue weighted by Crippen LogP contribution is -2.46. The molecule has 1 saturated heterocycles. The number of aryl methyl sites for hydroxylation is 3. The first-order valence-electron chi connectivity index (χ1n) is 9.80. The molecular weight excluding hydrogens is 388 g/mol. The average molecular weight is 412 g/mol. The summed E-state index contributed by atoms with van der Waals surface area (Å²) in [5.41, 5.74) is 2.58. The number of carbonyl (C=O) groups excluding carboxylic acids is 2. The number of furan rings is 1. The van der Waals surface area contributed by atoms with Gasteiger partial charge in [-0.2, -0.15) is 0 Å². The van der Waals surface area contributed by atoms with Crippen LogP contribution in [0.5, 0.6) is 0 Å². The highest BCUT2D eigenvalue weighted by Gasteiger charge is 2.25. The minimum atomic E-state index is -0.297. The molecule has 0 unspecified atom stereocenters. The van der Waals surface area contributed by atoms with Gasteiger partial charge in [0.1, 0.15) is 11.5 Å². The molecule has 3 aromatic heterocycles. The minimum Gasteiger partial charge on any atom is -0.466 e. The Balaban J connectivity index is 1.68. The molecule has 4 heterocycles. The summed E-state index contributed by atoms with van der Waals surface area (Å²) in [7, 11) is 1.61. The standard InChI is InChI=1S/C21H24N4O5/c1-12-9-15(14(3)29-12)17-10-16(19-13(2)23-30-20(19)22-17)21(27)24(4)11-18(26)25-5-7-28-8-6-25/h9-10H,5-8,11H2,1-4H3. The fourth-order valence-electron chi connectivity index (χ4n) is 3.68. The van der Waals surface area contributed by atoms with Gasteiger partial charge in [-0.25, -0.2) is 4.98 Å². The molecule has 4 rings (SSSR count). The average Bonchev–Trinajstić information content (AvgIpc) is 3.28. The van der Waals surface area contributed by atoms with Gasteiger partial charge in [0.05, 0.1) is 42.1 Å². The normalized spacial score (nSPS) is 14.3. The van der Waals surface area contributed by atoms with E-state index in [9.17, 15) is 9.59 Å². The fourth-order valence-corrected chi connectivity index (χ4v) is 3.68. The molecule has 1 fully saturated rings.